The van der Waals surface area contributed by atoms with Crippen LogP contribution >= 0.6 is 0 Å². The van der Waals surface area contributed by atoms with Gasteiger partial charge in [0.2, 0.25) is 10.3 Å². The zero-order valence-electron chi connectivity index (χ0n) is 14.5. The predicted molar refractivity (Wildman–Crippen MR) is 93.1 cm³/mol. The van der Waals surface area contributed by atoms with E-state index in [1.165, 1.54) is 33.9 Å². The van der Waals surface area contributed by atoms with Crippen molar-refractivity contribution in [3.63, 3.8) is 0 Å². The molecule has 0 bridgehead atoms. The van der Waals surface area contributed by atoms with E-state index in [0.717, 1.165) is 12.8 Å². The van der Waals surface area contributed by atoms with Crippen LogP contribution in [-0.4, -0.2) is 48.0 Å². The molecule has 0 aromatic carbocycles. The second kappa shape index (κ2) is 7.10. The summed E-state index contributed by atoms with van der Waals surface area (Å²) >= 11 is 0. The lowest BCUT2D eigenvalue weighted by atomic mass is 9.92. The van der Waals surface area contributed by atoms with Gasteiger partial charge in [0.05, 0.1) is 0 Å². The van der Waals surface area contributed by atoms with Crippen molar-refractivity contribution in [1.82, 2.24) is 28.5 Å². The molecule has 2 aromatic rings. The molecule has 0 unspecified atom stereocenters. The van der Waals surface area contributed by atoms with E-state index < -0.39 is 32.1 Å². The zero-order chi connectivity index (χ0) is 18.9. The molecular formula is C14H22N6O4S2. The molecule has 26 heavy (non-hydrogen) atoms. The minimum absolute atomic E-state index is 0.103. The van der Waals surface area contributed by atoms with Crippen LogP contribution in [-0.2, 0) is 34.1 Å². The topological polar surface area (TPSA) is 128 Å². The molecule has 2 aromatic heterocycles. The molecule has 0 amide bonds. The zero-order valence-corrected chi connectivity index (χ0v) is 16.2. The highest BCUT2D eigenvalue weighted by Crippen LogP contribution is 2.22. The quantitative estimate of drug-likeness (QED) is 0.684. The Morgan fingerprint density at radius 3 is 1.54 bits per heavy atom. The predicted octanol–water partition coefficient (Wildman–Crippen LogP) is -0.278. The van der Waals surface area contributed by atoms with Crippen molar-refractivity contribution in [2.24, 2.45) is 14.1 Å². The van der Waals surface area contributed by atoms with Crippen molar-refractivity contribution in [2.45, 2.75) is 48.1 Å². The number of hydrogen-bond donors (Lipinski definition) is 2. The Morgan fingerprint density at radius 1 is 0.846 bits per heavy atom. The first-order valence-electron chi connectivity index (χ1n) is 8.20. The molecule has 1 saturated carbocycles. The van der Waals surface area contributed by atoms with Gasteiger partial charge in [-0.15, -0.1) is 0 Å². The summed E-state index contributed by atoms with van der Waals surface area (Å²) in [5.74, 6) is 0. The summed E-state index contributed by atoms with van der Waals surface area (Å²) in [6.45, 7) is 0. The molecule has 1 fully saturated rings. The summed E-state index contributed by atoms with van der Waals surface area (Å²) in [4.78, 5) is 7.73. The monoisotopic (exact) mass is 402 g/mol. The van der Waals surface area contributed by atoms with E-state index in [1.54, 1.807) is 14.1 Å². The molecule has 2 heterocycles. The Kier molecular flexibility index (Phi) is 5.19. The van der Waals surface area contributed by atoms with Crippen molar-refractivity contribution in [3.8, 4) is 0 Å². The molecular weight excluding hydrogens is 380 g/mol. The lowest BCUT2D eigenvalue weighted by molar-refractivity contribution is 0.338. The summed E-state index contributed by atoms with van der Waals surface area (Å²) in [6, 6.07) is -1.11. The van der Waals surface area contributed by atoms with Crippen LogP contribution in [0.1, 0.15) is 25.7 Å². The number of aryl methyl sites for hydroxylation is 2. The standard InChI is InChI=1S/C14H22N6O4S2/c1-19-9-7-15-13(19)25(21,22)17-11-5-3-4-6-12(11)18-26(23,24)14-16-8-10-20(14)2/h7-12,17-18H,3-6H2,1-2H3/t11-,12-/m1/s1. The summed E-state index contributed by atoms with van der Waals surface area (Å²) in [7, 11) is -4.53. The third kappa shape index (κ3) is 3.82. The van der Waals surface area contributed by atoms with Crippen LogP contribution in [0.4, 0.5) is 0 Å². The van der Waals surface area contributed by atoms with E-state index in [9.17, 15) is 16.8 Å². The normalized spacial score (nSPS) is 21.8. The number of sulfonamides is 2. The largest absolute Gasteiger partial charge is 0.324 e. The molecule has 1 aliphatic carbocycles. The first-order valence-corrected chi connectivity index (χ1v) is 11.2. The molecule has 12 heteroatoms. The van der Waals surface area contributed by atoms with Gasteiger partial charge in [0.15, 0.2) is 0 Å². The Bertz CT molecular complexity index is 899. The summed E-state index contributed by atoms with van der Waals surface area (Å²) in [5, 5.41) is -0.206. The van der Waals surface area contributed by atoms with Crippen LogP contribution in [0, 0.1) is 0 Å². The number of imidazole rings is 2. The Labute approximate surface area is 152 Å². The van der Waals surface area contributed by atoms with Crippen LogP contribution in [0.2, 0.25) is 0 Å². The molecule has 2 N–H and O–H groups in total. The minimum atomic E-state index is -3.85. The second-order valence-corrected chi connectivity index (χ2v) is 9.60. The van der Waals surface area contributed by atoms with Crippen molar-refractivity contribution in [1.29, 1.82) is 0 Å². The van der Waals surface area contributed by atoms with Crippen LogP contribution < -0.4 is 9.44 Å². The van der Waals surface area contributed by atoms with Crippen LogP contribution in [0.25, 0.3) is 0 Å². The number of aromatic nitrogens is 4. The van der Waals surface area contributed by atoms with Gasteiger partial charge < -0.3 is 9.13 Å². The number of hydrogen-bond acceptors (Lipinski definition) is 6. The lowest BCUT2D eigenvalue weighted by Gasteiger charge is -2.32. The summed E-state index contributed by atoms with van der Waals surface area (Å²) in [5.41, 5.74) is 0. The van der Waals surface area contributed by atoms with Crippen molar-refractivity contribution >= 4 is 20.0 Å². The fourth-order valence-corrected chi connectivity index (χ4v) is 5.99. The van der Waals surface area contributed by atoms with Gasteiger partial charge in [0.25, 0.3) is 20.0 Å². The highest BCUT2D eigenvalue weighted by atomic mass is 32.2. The second-order valence-electron chi connectivity index (χ2n) is 6.38. The average molecular weight is 403 g/mol. The van der Waals surface area contributed by atoms with Crippen molar-refractivity contribution < 1.29 is 16.8 Å². The van der Waals surface area contributed by atoms with E-state index in [1.807, 2.05) is 0 Å². The maximum absolute atomic E-state index is 12.6. The van der Waals surface area contributed by atoms with Crippen LogP contribution in [0.15, 0.2) is 35.1 Å². The number of rotatable bonds is 6. The van der Waals surface area contributed by atoms with Gasteiger partial charge in [-0.1, -0.05) is 12.8 Å². The first-order chi connectivity index (χ1) is 12.2. The van der Waals surface area contributed by atoms with Gasteiger partial charge in [-0.2, -0.15) is 0 Å². The molecule has 1 aliphatic rings. The van der Waals surface area contributed by atoms with Gasteiger partial charge in [0, 0.05) is 51.0 Å². The molecule has 144 valence electrons. The first kappa shape index (κ1) is 19.0. The van der Waals surface area contributed by atoms with Crippen molar-refractivity contribution in [2.75, 3.05) is 0 Å². The van der Waals surface area contributed by atoms with Gasteiger partial charge in [-0.25, -0.2) is 36.2 Å². The van der Waals surface area contributed by atoms with Gasteiger partial charge in [-0.05, 0) is 12.8 Å². The number of nitrogens with one attached hydrogen (secondary N) is 2. The van der Waals surface area contributed by atoms with Crippen LogP contribution in [0.3, 0.4) is 0 Å². The van der Waals surface area contributed by atoms with E-state index in [-0.39, 0.29) is 10.3 Å². The van der Waals surface area contributed by atoms with Gasteiger partial charge in [0.1, 0.15) is 0 Å². The van der Waals surface area contributed by atoms with E-state index in [4.69, 9.17) is 0 Å². The molecule has 0 saturated heterocycles. The maximum Gasteiger partial charge on any atom is 0.274 e. The molecule has 3 rings (SSSR count). The average Bonchev–Trinajstić information content (AvgIpc) is 3.18. The number of nitrogens with zero attached hydrogens (tertiary/aromatic N) is 4. The van der Waals surface area contributed by atoms with Gasteiger partial charge in [-0.3, -0.25) is 0 Å². The highest BCUT2D eigenvalue weighted by molar-refractivity contribution is 7.89. The Balaban J connectivity index is 1.81. The Morgan fingerprint density at radius 2 is 1.23 bits per heavy atom. The third-order valence-corrected chi connectivity index (χ3v) is 7.39. The fourth-order valence-electron chi connectivity index (χ4n) is 3.14. The molecule has 10 nitrogen and oxygen atoms in total. The highest BCUT2D eigenvalue weighted by Gasteiger charge is 2.34. The molecule has 0 spiro atoms. The minimum Gasteiger partial charge on any atom is -0.324 e. The van der Waals surface area contributed by atoms with E-state index >= 15 is 0 Å². The molecule has 2 atom stereocenters. The lowest BCUT2D eigenvalue weighted by Crippen LogP contribution is -2.53. The van der Waals surface area contributed by atoms with E-state index in [0.29, 0.717) is 12.8 Å². The van der Waals surface area contributed by atoms with Crippen LogP contribution in [0.5, 0.6) is 0 Å². The summed E-state index contributed by atoms with van der Waals surface area (Å²) in [6.07, 6.45) is 8.58. The van der Waals surface area contributed by atoms with Gasteiger partial charge >= 0.3 is 0 Å². The molecule has 0 aliphatic heterocycles. The summed E-state index contributed by atoms with van der Waals surface area (Å²) < 4.78 is 58.4. The molecule has 0 radical (unpaired) electrons. The van der Waals surface area contributed by atoms with Crippen molar-refractivity contribution in [3.05, 3.63) is 24.8 Å². The third-order valence-electron chi connectivity index (χ3n) is 4.41. The maximum atomic E-state index is 12.6. The van der Waals surface area contributed by atoms with E-state index in [2.05, 4.69) is 19.4 Å². The SMILES string of the molecule is Cn1ccnc1S(=O)(=O)N[C@@H]1CCCC[C@H]1NS(=O)(=O)c1nccn1C. The Hall–Kier alpha value is -1.76. The fraction of sp³-hybridized carbons (Fsp3) is 0.571. The smallest absolute Gasteiger partial charge is 0.274 e.